The normalized spacial score (nSPS) is 31.7. The van der Waals surface area contributed by atoms with Crippen molar-refractivity contribution in [2.45, 2.75) is 31.9 Å². The van der Waals surface area contributed by atoms with Gasteiger partial charge in [-0.1, -0.05) is 6.92 Å². The number of hydrogen-bond donors (Lipinski definition) is 3. The van der Waals surface area contributed by atoms with Gasteiger partial charge < -0.3 is 15.9 Å². The van der Waals surface area contributed by atoms with Crippen molar-refractivity contribution in [1.82, 2.24) is 4.90 Å². The Kier molecular flexibility index (Phi) is 4.81. The van der Waals surface area contributed by atoms with Gasteiger partial charge in [0.15, 0.2) is 0 Å². The number of aliphatic hydroxyl groups excluding tert-OH is 2. The van der Waals surface area contributed by atoms with Crippen molar-refractivity contribution < 1.29 is 10.2 Å². The van der Waals surface area contributed by atoms with Crippen LogP contribution in [-0.4, -0.2) is 53.5 Å². The molecule has 14 heavy (non-hydrogen) atoms. The number of rotatable bonds is 4. The molecular weight excluding hydrogens is 180 g/mol. The summed E-state index contributed by atoms with van der Waals surface area (Å²) in [7, 11) is 0. The minimum absolute atomic E-state index is 0.165. The Morgan fingerprint density at radius 2 is 2.29 bits per heavy atom. The Hall–Kier alpha value is -0.160. The van der Waals surface area contributed by atoms with Gasteiger partial charge in [0.2, 0.25) is 0 Å². The summed E-state index contributed by atoms with van der Waals surface area (Å²) in [6.07, 6.45) is 1.75. The first kappa shape index (κ1) is 11.9. The molecule has 1 saturated heterocycles. The minimum Gasteiger partial charge on any atom is -0.394 e. The maximum absolute atomic E-state index is 9.38. The number of nitrogens with two attached hydrogens (primary N) is 1. The third-order valence-corrected chi connectivity index (χ3v) is 3.13. The van der Waals surface area contributed by atoms with Gasteiger partial charge in [0.25, 0.3) is 0 Å². The highest BCUT2D eigenvalue weighted by atomic mass is 16.3. The van der Waals surface area contributed by atoms with Crippen LogP contribution in [0.3, 0.4) is 0 Å². The van der Waals surface area contributed by atoms with Crippen LogP contribution < -0.4 is 5.73 Å². The molecule has 1 rings (SSSR count). The van der Waals surface area contributed by atoms with E-state index in [0.29, 0.717) is 25.0 Å². The molecule has 0 aliphatic carbocycles. The van der Waals surface area contributed by atoms with Gasteiger partial charge in [0.1, 0.15) is 0 Å². The zero-order valence-electron chi connectivity index (χ0n) is 8.89. The molecule has 4 N–H and O–H groups in total. The predicted molar refractivity (Wildman–Crippen MR) is 55.9 cm³/mol. The monoisotopic (exact) mass is 202 g/mol. The maximum Gasteiger partial charge on any atom is 0.0897 e. The smallest absolute Gasteiger partial charge is 0.0897 e. The number of likely N-dealkylation sites (tertiary alicyclic amines) is 1. The van der Waals surface area contributed by atoms with Crippen molar-refractivity contribution in [3.8, 4) is 0 Å². The molecule has 3 atom stereocenters. The van der Waals surface area contributed by atoms with Crippen molar-refractivity contribution >= 4 is 0 Å². The zero-order valence-corrected chi connectivity index (χ0v) is 8.89. The average molecular weight is 202 g/mol. The Labute approximate surface area is 85.7 Å². The third-order valence-electron chi connectivity index (χ3n) is 3.13. The average Bonchev–Trinajstić information content (AvgIpc) is 2.18. The molecule has 0 amide bonds. The van der Waals surface area contributed by atoms with E-state index in [-0.39, 0.29) is 6.61 Å². The molecule has 3 unspecified atom stereocenters. The molecule has 4 nitrogen and oxygen atoms in total. The first-order chi connectivity index (χ1) is 6.69. The van der Waals surface area contributed by atoms with E-state index in [1.165, 1.54) is 6.42 Å². The van der Waals surface area contributed by atoms with Crippen LogP contribution in [0, 0.1) is 5.92 Å². The fraction of sp³-hybridized carbons (Fsp3) is 1.00. The second-order valence-corrected chi connectivity index (χ2v) is 4.25. The van der Waals surface area contributed by atoms with Gasteiger partial charge in [0.05, 0.1) is 12.7 Å². The topological polar surface area (TPSA) is 69.7 Å². The largest absolute Gasteiger partial charge is 0.394 e. The number of piperidine rings is 1. The van der Waals surface area contributed by atoms with E-state index in [4.69, 9.17) is 10.8 Å². The lowest BCUT2D eigenvalue weighted by atomic mass is 9.90. The van der Waals surface area contributed by atoms with Gasteiger partial charge >= 0.3 is 0 Å². The van der Waals surface area contributed by atoms with E-state index in [0.717, 1.165) is 13.0 Å². The highest BCUT2D eigenvalue weighted by Gasteiger charge is 2.28. The van der Waals surface area contributed by atoms with Gasteiger partial charge in [-0.3, -0.25) is 4.90 Å². The van der Waals surface area contributed by atoms with E-state index >= 15 is 0 Å². The molecule has 0 saturated carbocycles. The summed E-state index contributed by atoms with van der Waals surface area (Å²) in [5.74, 6) is 0.597. The standard InChI is InChI=1S/C10H22N2O2/c1-8-3-2-4-12(10(8)5-11)6-9(14)7-13/h8-10,13-14H,2-7,11H2,1H3. The van der Waals surface area contributed by atoms with E-state index in [2.05, 4.69) is 11.8 Å². The Bertz CT molecular complexity index is 166. The Morgan fingerprint density at radius 1 is 1.57 bits per heavy atom. The quantitative estimate of drug-likeness (QED) is 0.569. The molecule has 1 aliphatic rings. The second kappa shape index (κ2) is 5.66. The predicted octanol–water partition coefficient (Wildman–Crippen LogP) is -0.601. The fourth-order valence-corrected chi connectivity index (χ4v) is 2.27. The summed E-state index contributed by atoms with van der Waals surface area (Å²) < 4.78 is 0. The van der Waals surface area contributed by atoms with Crippen LogP contribution in [0.5, 0.6) is 0 Å². The molecule has 1 heterocycles. The summed E-state index contributed by atoms with van der Waals surface area (Å²) in [6.45, 7) is 4.21. The van der Waals surface area contributed by atoms with Crippen LogP contribution in [0.15, 0.2) is 0 Å². The summed E-state index contributed by atoms with van der Waals surface area (Å²) in [5.41, 5.74) is 5.72. The zero-order chi connectivity index (χ0) is 10.6. The molecule has 84 valence electrons. The Morgan fingerprint density at radius 3 is 2.86 bits per heavy atom. The highest BCUT2D eigenvalue weighted by molar-refractivity contribution is 4.83. The third kappa shape index (κ3) is 2.92. The van der Waals surface area contributed by atoms with Crippen LogP contribution in [0.2, 0.25) is 0 Å². The maximum atomic E-state index is 9.38. The van der Waals surface area contributed by atoms with E-state index < -0.39 is 6.10 Å². The molecular formula is C10H22N2O2. The van der Waals surface area contributed by atoms with Crippen molar-refractivity contribution in [2.75, 3.05) is 26.2 Å². The number of aliphatic hydroxyl groups is 2. The SMILES string of the molecule is CC1CCCN(CC(O)CO)C1CN. The van der Waals surface area contributed by atoms with Crippen LogP contribution in [-0.2, 0) is 0 Å². The highest BCUT2D eigenvalue weighted by Crippen LogP contribution is 2.22. The van der Waals surface area contributed by atoms with Crippen LogP contribution >= 0.6 is 0 Å². The van der Waals surface area contributed by atoms with Crippen molar-refractivity contribution in [1.29, 1.82) is 0 Å². The molecule has 0 radical (unpaired) electrons. The first-order valence-corrected chi connectivity index (χ1v) is 5.42. The number of nitrogens with zero attached hydrogens (tertiary/aromatic N) is 1. The summed E-state index contributed by atoms with van der Waals surface area (Å²) >= 11 is 0. The van der Waals surface area contributed by atoms with Gasteiger partial charge in [0, 0.05) is 19.1 Å². The number of hydrogen-bond acceptors (Lipinski definition) is 4. The van der Waals surface area contributed by atoms with Crippen molar-refractivity contribution in [3.63, 3.8) is 0 Å². The number of β-amino-alcohol motifs (C(OH)–C–C–N with tert-alkyl or cyclic N) is 1. The first-order valence-electron chi connectivity index (χ1n) is 5.42. The molecule has 1 fully saturated rings. The Balaban J connectivity index is 2.47. The molecule has 0 bridgehead atoms. The van der Waals surface area contributed by atoms with Gasteiger partial charge in [-0.25, -0.2) is 0 Å². The fourth-order valence-electron chi connectivity index (χ4n) is 2.27. The van der Waals surface area contributed by atoms with Crippen LogP contribution in [0.1, 0.15) is 19.8 Å². The summed E-state index contributed by atoms with van der Waals surface area (Å²) in [6, 6.07) is 0.366. The molecule has 1 aliphatic heterocycles. The van der Waals surface area contributed by atoms with Crippen molar-refractivity contribution in [2.24, 2.45) is 11.7 Å². The van der Waals surface area contributed by atoms with Crippen LogP contribution in [0.25, 0.3) is 0 Å². The van der Waals surface area contributed by atoms with E-state index in [1.54, 1.807) is 0 Å². The lowest BCUT2D eigenvalue weighted by Crippen LogP contribution is -2.51. The second-order valence-electron chi connectivity index (χ2n) is 4.25. The summed E-state index contributed by atoms with van der Waals surface area (Å²) in [4.78, 5) is 2.20. The van der Waals surface area contributed by atoms with Gasteiger partial charge in [-0.15, -0.1) is 0 Å². The van der Waals surface area contributed by atoms with Crippen molar-refractivity contribution in [3.05, 3.63) is 0 Å². The lowest BCUT2D eigenvalue weighted by Gasteiger charge is -2.40. The van der Waals surface area contributed by atoms with Gasteiger partial charge in [-0.2, -0.15) is 0 Å². The molecule has 0 aromatic carbocycles. The molecule has 0 aromatic heterocycles. The minimum atomic E-state index is -0.630. The lowest BCUT2D eigenvalue weighted by molar-refractivity contribution is 0.0210. The molecule has 0 aromatic rings. The van der Waals surface area contributed by atoms with Crippen LogP contribution in [0.4, 0.5) is 0 Å². The summed E-state index contributed by atoms with van der Waals surface area (Å²) in [5, 5.41) is 18.2. The van der Waals surface area contributed by atoms with E-state index in [9.17, 15) is 5.11 Å². The van der Waals surface area contributed by atoms with E-state index in [1.807, 2.05) is 0 Å². The molecule has 4 heteroatoms. The molecule has 0 spiro atoms. The van der Waals surface area contributed by atoms with Gasteiger partial charge in [-0.05, 0) is 25.3 Å².